The maximum Gasteiger partial charge on any atom is 0.143 e. The summed E-state index contributed by atoms with van der Waals surface area (Å²) < 4.78 is 6.26. The highest BCUT2D eigenvalue weighted by molar-refractivity contribution is 6.10. The molecule has 0 saturated heterocycles. The van der Waals surface area contributed by atoms with E-state index in [-0.39, 0.29) is 0 Å². The molecule has 4 aromatic carbocycles. The lowest BCUT2D eigenvalue weighted by atomic mass is 9.91. The zero-order valence-electron chi connectivity index (χ0n) is 14.6. The van der Waals surface area contributed by atoms with Crippen molar-refractivity contribution in [2.24, 2.45) is 0 Å². The Morgan fingerprint density at radius 1 is 0.500 bits per heavy atom. The zero-order chi connectivity index (χ0) is 17.5. The van der Waals surface area contributed by atoms with Crippen LogP contribution in [-0.4, -0.2) is 0 Å². The van der Waals surface area contributed by atoms with Gasteiger partial charge < -0.3 is 4.42 Å². The summed E-state index contributed by atoms with van der Waals surface area (Å²) in [5.41, 5.74) is 7.99. The van der Waals surface area contributed by atoms with E-state index < -0.39 is 0 Å². The summed E-state index contributed by atoms with van der Waals surface area (Å²) in [5, 5.41) is 2.33. The van der Waals surface area contributed by atoms with Crippen molar-refractivity contribution < 1.29 is 4.42 Å². The van der Waals surface area contributed by atoms with Crippen LogP contribution >= 0.6 is 0 Å². The Hall–Kier alpha value is -3.32. The average Bonchev–Trinajstić information content (AvgIpc) is 3.07. The maximum absolute atomic E-state index is 6.26. The van der Waals surface area contributed by atoms with Gasteiger partial charge in [0.05, 0.1) is 0 Å². The van der Waals surface area contributed by atoms with Crippen LogP contribution in [0.2, 0.25) is 0 Å². The third-order valence-corrected chi connectivity index (χ3v) is 5.06. The van der Waals surface area contributed by atoms with Gasteiger partial charge in [-0.15, -0.1) is 0 Å². The molecule has 0 N–H and O–H groups in total. The van der Waals surface area contributed by atoms with Gasteiger partial charge in [-0.25, -0.2) is 0 Å². The molecular weight excluding hydrogens is 316 g/mol. The van der Waals surface area contributed by atoms with E-state index in [1.54, 1.807) is 0 Å². The van der Waals surface area contributed by atoms with Crippen molar-refractivity contribution in [1.82, 2.24) is 0 Å². The lowest BCUT2D eigenvalue weighted by molar-refractivity contribution is 0.670. The number of furan rings is 1. The van der Waals surface area contributed by atoms with E-state index in [2.05, 4.69) is 85.8 Å². The SMILES string of the molecule is Cc1ccccc1-c1ccccc1-c1cccc2c1oc1ccccc12. The van der Waals surface area contributed by atoms with Gasteiger partial charge >= 0.3 is 0 Å². The molecule has 124 valence electrons. The van der Waals surface area contributed by atoms with Gasteiger partial charge in [0.1, 0.15) is 11.2 Å². The molecule has 1 heteroatoms. The lowest BCUT2D eigenvalue weighted by Gasteiger charge is -2.12. The van der Waals surface area contributed by atoms with Gasteiger partial charge in [0.2, 0.25) is 0 Å². The third kappa shape index (κ3) is 2.25. The fourth-order valence-electron chi connectivity index (χ4n) is 3.79. The van der Waals surface area contributed by atoms with Crippen LogP contribution in [0.3, 0.4) is 0 Å². The summed E-state index contributed by atoms with van der Waals surface area (Å²) in [6.45, 7) is 2.16. The summed E-state index contributed by atoms with van der Waals surface area (Å²) in [4.78, 5) is 0. The summed E-state index contributed by atoms with van der Waals surface area (Å²) in [7, 11) is 0. The molecule has 26 heavy (non-hydrogen) atoms. The average molecular weight is 334 g/mol. The number of benzene rings is 4. The molecule has 5 rings (SSSR count). The molecule has 0 atom stereocenters. The van der Waals surface area contributed by atoms with Crippen LogP contribution < -0.4 is 0 Å². The third-order valence-electron chi connectivity index (χ3n) is 5.06. The highest BCUT2D eigenvalue weighted by Crippen LogP contribution is 2.40. The molecule has 0 unspecified atom stereocenters. The zero-order valence-corrected chi connectivity index (χ0v) is 14.6. The quantitative estimate of drug-likeness (QED) is 0.332. The minimum atomic E-state index is 0.934. The first kappa shape index (κ1) is 15.0. The topological polar surface area (TPSA) is 13.1 Å². The molecule has 1 nitrogen and oxygen atoms in total. The Morgan fingerprint density at radius 3 is 1.88 bits per heavy atom. The Balaban J connectivity index is 1.84. The van der Waals surface area contributed by atoms with E-state index >= 15 is 0 Å². The predicted octanol–water partition coefficient (Wildman–Crippen LogP) is 7.23. The standard InChI is InChI=1S/C25H18O/c1-17-9-2-3-10-18(17)19-11-4-5-12-20(19)22-14-8-15-23-21-13-6-7-16-24(21)26-25(22)23/h2-16H,1H3. The Kier molecular flexibility index (Phi) is 3.39. The summed E-state index contributed by atoms with van der Waals surface area (Å²) in [6, 6.07) is 31.8. The molecule has 0 radical (unpaired) electrons. The second-order valence-electron chi connectivity index (χ2n) is 6.64. The van der Waals surface area contributed by atoms with Crippen LogP contribution in [0.4, 0.5) is 0 Å². The molecule has 5 aromatic rings. The monoisotopic (exact) mass is 334 g/mol. The van der Waals surface area contributed by atoms with Crippen molar-refractivity contribution >= 4 is 21.9 Å². The van der Waals surface area contributed by atoms with Crippen LogP contribution in [0.1, 0.15) is 5.56 Å². The van der Waals surface area contributed by atoms with E-state index in [9.17, 15) is 0 Å². The van der Waals surface area contributed by atoms with Crippen molar-refractivity contribution in [3.8, 4) is 22.3 Å². The fraction of sp³-hybridized carbons (Fsp3) is 0.0400. The van der Waals surface area contributed by atoms with E-state index in [0.29, 0.717) is 0 Å². The molecule has 0 amide bonds. The van der Waals surface area contributed by atoms with Crippen LogP contribution in [0, 0.1) is 6.92 Å². The number of hydrogen-bond donors (Lipinski definition) is 0. The summed E-state index contributed by atoms with van der Waals surface area (Å²) in [6.07, 6.45) is 0. The molecular formula is C25H18O. The molecule has 0 aliphatic rings. The molecule has 0 fully saturated rings. The minimum absolute atomic E-state index is 0.934. The first-order valence-electron chi connectivity index (χ1n) is 8.88. The van der Waals surface area contributed by atoms with Crippen LogP contribution in [0.5, 0.6) is 0 Å². The highest BCUT2D eigenvalue weighted by atomic mass is 16.3. The summed E-state index contributed by atoms with van der Waals surface area (Å²) >= 11 is 0. The van der Waals surface area contributed by atoms with Crippen molar-refractivity contribution in [2.75, 3.05) is 0 Å². The summed E-state index contributed by atoms with van der Waals surface area (Å²) in [5.74, 6) is 0. The fourth-order valence-corrected chi connectivity index (χ4v) is 3.79. The van der Waals surface area contributed by atoms with Gasteiger partial charge in [0, 0.05) is 16.3 Å². The largest absolute Gasteiger partial charge is 0.455 e. The van der Waals surface area contributed by atoms with Crippen molar-refractivity contribution in [2.45, 2.75) is 6.92 Å². The van der Waals surface area contributed by atoms with Crippen LogP contribution in [0.15, 0.2) is 95.4 Å². The van der Waals surface area contributed by atoms with E-state index in [0.717, 1.165) is 27.5 Å². The van der Waals surface area contributed by atoms with Gasteiger partial charge in [-0.2, -0.15) is 0 Å². The number of fused-ring (bicyclic) bond motifs is 3. The van der Waals surface area contributed by atoms with E-state index in [1.165, 1.54) is 22.3 Å². The minimum Gasteiger partial charge on any atom is -0.455 e. The number of rotatable bonds is 2. The first-order chi connectivity index (χ1) is 12.8. The molecule has 0 bridgehead atoms. The van der Waals surface area contributed by atoms with Crippen molar-refractivity contribution in [3.63, 3.8) is 0 Å². The Bertz CT molecular complexity index is 1240. The first-order valence-corrected chi connectivity index (χ1v) is 8.88. The Labute approximate surface area is 152 Å². The predicted molar refractivity (Wildman–Crippen MR) is 109 cm³/mol. The van der Waals surface area contributed by atoms with Gasteiger partial charge in [-0.05, 0) is 35.2 Å². The molecule has 0 aliphatic heterocycles. The molecule has 0 spiro atoms. The number of hydrogen-bond acceptors (Lipinski definition) is 1. The van der Waals surface area contributed by atoms with E-state index in [1.807, 2.05) is 12.1 Å². The molecule has 1 heterocycles. The molecule has 1 aromatic heterocycles. The van der Waals surface area contributed by atoms with Gasteiger partial charge in [0.15, 0.2) is 0 Å². The van der Waals surface area contributed by atoms with E-state index in [4.69, 9.17) is 4.42 Å². The normalized spacial score (nSPS) is 11.3. The second-order valence-corrected chi connectivity index (χ2v) is 6.64. The van der Waals surface area contributed by atoms with Gasteiger partial charge in [0.25, 0.3) is 0 Å². The smallest absolute Gasteiger partial charge is 0.143 e. The van der Waals surface area contributed by atoms with Gasteiger partial charge in [-0.3, -0.25) is 0 Å². The number of para-hydroxylation sites is 2. The molecule has 0 aliphatic carbocycles. The van der Waals surface area contributed by atoms with Crippen molar-refractivity contribution in [1.29, 1.82) is 0 Å². The van der Waals surface area contributed by atoms with Crippen molar-refractivity contribution in [3.05, 3.63) is 96.6 Å². The second kappa shape index (κ2) is 5.89. The lowest BCUT2D eigenvalue weighted by Crippen LogP contribution is -1.88. The highest BCUT2D eigenvalue weighted by Gasteiger charge is 2.15. The maximum atomic E-state index is 6.26. The van der Waals surface area contributed by atoms with Crippen LogP contribution in [0.25, 0.3) is 44.2 Å². The van der Waals surface area contributed by atoms with Crippen LogP contribution in [-0.2, 0) is 0 Å². The Morgan fingerprint density at radius 2 is 1.08 bits per heavy atom. The number of aryl methyl sites for hydroxylation is 1. The molecule has 0 saturated carbocycles. The van der Waals surface area contributed by atoms with Gasteiger partial charge in [-0.1, -0.05) is 84.9 Å².